The summed E-state index contributed by atoms with van der Waals surface area (Å²) >= 11 is 0. The van der Waals surface area contributed by atoms with Crippen molar-refractivity contribution in [3.8, 4) is 0 Å². The van der Waals surface area contributed by atoms with Crippen LogP contribution in [-0.2, 0) is 9.53 Å². The molecule has 0 radical (unpaired) electrons. The van der Waals surface area contributed by atoms with E-state index in [1.807, 2.05) is 20.8 Å². The Morgan fingerprint density at radius 1 is 1.24 bits per heavy atom. The van der Waals surface area contributed by atoms with Crippen LogP contribution < -0.4 is 10.6 Å². The molecule has 0 saturated carbocycles. The van der Waals surface area contributed by atoms with Gasteiger partial charge in [-0.15, -0.1) is 0 Å². The number of nitrogens with one attached hydrogen (secondary N) is 2. The van der Waals surface area contributed by atoms with Gasteiger partial charge in [0.1, 0.15) is 6.54 Å². The predicted molar refractivity (Wildman–Crippen MR) is 85.5 cm³/mol. The first-order valence-corrected chi connectivity index (χ1v) is 8.12. The zero-order valence-corrected chi connectivity index (χ0v) is 13.7. The van der Waals surface area contributed by atoms with Gasteiger partial charge in [-0.25, -0.2) is 4.99 Å². The highest BCUT2D eigenvalue weighted by atomic mass is 16.5. The van der Waals surface area contributed by atoms with Crippen LogP contribution in [0.25, 0.3) is 0 Å². The summed E-state index contributed by atoms with van der Waals surface area (Å²) in [7, 11) is 0. The second kappa shape index (κ2) is 10.4. The molecule has 0 unspecified atom stereocenters. The first kappa shape index (κ1) is 17.8. The molecule has 1 saturated heterocycles. The lowest BCUT2D eigenvalue weighted by Crippen LogP contribution is -2.47. The van der Waals surface area contributed by atoms with E-state index < -0.39 is 0 Å². The van der Waals surface area contributed by atoms with Gasteiger partial charge in [-0.2, -0.15) is 0 Å². The largest absolute Gasteiger partial charge is 0.378 e. The molecular formula is C15H30N4O2. The Morgan fingerprint density at radius 3 is 2.52 bits per heavy atom. The molecule has 1 aliphatic heterocycles. The van der Waals surface area contributed by atoms with E-state index in [-0.39, 0.29) is 12.5 Å². The SMILES string of the molecule is CCCNC(=O)CN=C(NCC)N1CCC(OCC)CC1. The third-order valence-electron chi connectivity index (χ3n) is 3.42. The van der Waals surface area contributed by atoms with Crippen molar-refractivity contribution in [3.63, 3.8) is 0 Å². The number of aliphatic imine (C=N–C) groups is 1. The number of ether oxygens (including phenoxy) is 1. The molecule has 122 valence electrons. The Morgan fingerprint density at radius 2 is 1.95 bits per heavy atom. The van der Waals surface area contributed by atoms with Gasteiger partial charge in [0.15, 0.2) is 5.96 Å². The Labute approximate surface area is 128 Å². The van der Waals surface area contributed by atoms with Crippen LogP contribution in [0.1, 0.15) is 40.0 Å². The number of likely N-dealkylation sites (tertiary alicyclic amines) is 1. The second-order valence-corrected chi connectivity index (χ2v) is 5.16. The fourth-order valence-corrected chi connectivity index (χ4v) is 2.36. The smallest absolute Gasteiger partial charge is 0.241 e. The van der Waals surface area contributed by atoms with Crippen LogP contribution in [0.3, 0.4) is 0 Å². The van der Waals surface area contributed by atoms with Gasteiger partial charge < -0.3 is 20.3 Å². The van der Waals surface area contributed by atoms with E-state index in [9.17, 15) is 4.79 Å². The van der Waals surface area contributed by atoms with E-state index in [2.05, 4.69) is 20.5 Å². The molecule has 0 bridgehead atoms. The van der Waals surface area contributed by atoms with Crippen molar-refractivity contribution in [2.45, 2.75) is 46.1 Å². The summed E-state index contributed by atoms with van der Waals surface area (Å²) in [6.07, 6.45) is 3.34. The molecule has 0 aromatic rings. The molecule has 0 atom stereocenters. The zero-order valence-electron chi connectivity index (χ0n) is 13.7. The van der Waals surface area contributed by atoms with Gasteiger partial charge in [-0.1, -0.05) is 6.92 Å². The first-order valence-electron chi connectivity index (χ1n) is 8.12. The van der Waals surface area contributed by atoms with Crippen LogP contribution in [-0.4, -0.2) is 62.2 Å². The summed E-state index contributed by atoms with van der Waals surface area (Å²) in [5, 5.41) is 6.11. The van der Waals surface area contributed by atoms with Crippen LogP contribution in [0.2, 0.25) is 0 Å². The minimum atomic E-state index is -0.0172. The lowest BCUT2D eigenvalue weighted by atomic mass is 10.1. The fraction of sp³-hybridized carbons (Fsp3) is 0.867. The van der Waals surface area contributed by atoms with Crippen LogP contribution in [0, 0.1) is 0 Å². The number of piperidine rings is 1. The highest BCUT2D eigenvalue weighted by Crippen LogP contribution is 2.13. The standard InChI is InChI=1S/C15H30N4O2/c1-4-9-17-14(20)12-18-15(16-5-2)19-10-7-13(8-11-19)21-6-3/h13H,4-12H2,1-3H3,(H,16,18)(H,17,20). The summed E-state index contributed by atoms with van der Waals surface area (Å²) in [5.74, 6) is 0.815. The third kappa shape index (κ3) is 6.80. The second-order valence-electron chi connectivity index (χ2n) is 5.16. The quantitative estimate of drug-likeness (QED) is 0.543. The molecule has 6 heteroatoms. The number of rotatable bonds is 7. The molecule has 2 N–H and O–H groups in total. The molecule has 0 spiro atoms. The monoisotopic (exact) mass is 298 g/mol. The number of amides is 1. The maximum Gasteiger partial charge on any atom is 0.241 e. The maximum absolute atomic E-state index is 11.6. The highest BCUT2D eigenvalue weighted by Gasteiger charge is 2.21. The number of nitrogens with zero attached hydrogens (tertiary/aromatic N) is 2. The summed E-state index contributed by atoms with van der Waals surface area (Å²) in [4.78, 5) is 18.3. The van der Waals surface area contributed by atoms with Crippen LogP contribution in [0.15, 0.2) is 4.99 Å². The molecule has 0 aliphatic carbocycles. The highest BCUT2D eigenvalue weighted by molar-refractivity contribution is 5.85. The number of carbonyl (C=O) groups excluding carboxylic acids is 1. The summed E-state index contributed by atoms with van der Waals surface area (Å²) in [6, 6.07) is 0. The molecule has 1 fully saturated rings. The molecule has 1 heterocycles. The van der Waals surface area contributed by atoms with E-state index in [4.69, 9.17) is 4.74 Å². The molecule has 6 nitrogen and oxygen atoms in total. The fourth-order valence-electron chi connectivity index (χ4n) is 2.36. The minimum Gasteiger partial charge on any atom is -0.378 e. The molecule has 1 rings (SSSR count). The maximum atomic E-state index is 11.6. The van der Waals surface area contributed by atoms with Crippen molar-refractivity contribution in [1.82, 2.24) is 15.5 Å². The van der Waals surface area contributed by atoms with Gasteiger partial charge in [0.05, 0.1) is 6.10 Å². The van der Waals surface area contributed by atoms with Crippen LogP contribution >= 0.6 is 0 Å². The Hall–Kier alpha value is -1.30. The summed E-state index contributed by atoms with van der Waals surface area (Å²) in [6.45, 7) is 10.4. The Kier molecular flexibility index (Phi) is 8.82. The lowest BCUT2D eigenvalue weighted by molar-refractivity contribution is -0.119. The number of hydrogen-bond donors (Lipinski definition) is 2. The first-order chi connectivity index (χ1) is 10.2. The Balaban J connectivity index is 2.47. The van der Waals surface area contributed by atoms with Crippen molar-refractivity contribution < 1.29 is 9.53 Å². The Bertz CT molecular complexity index is 326. The average Bonchev–Trinajstić information content (AvgIpc) is 2.50. The van der Waals surface area contributed by atoms with E-state index in [0.29, 0.717) is 12.6 Å². The van der Waals surface area contributed by atoms with E-state index in [1.165, 1.54) is 0 Å². The lowest BCUT2D eigenvalue weighted by Gasteiger charge is -2.34. The topological polar surface area (TPSA) is 66.0 Å². The predicted octanol–water partition coefficient (Wildman–Crippen LogP) is 0.979. The van der Waals surface area contributed by atoms with Crippen LogP contribution in [0.5, 0.6) is 0 Å². The molecule has 1 aliphatic rings. The van der Waals surface area contributed by atoms with E-state index >= 15 is 0 Å². The number of carbonyl (C=O) groups is 1. The molecular weight excluding hydrogens is 268 g/mol. The molecule has 1 amide bonds. The van der Waals surface area contributed by atoms with Gasteiger partial charge >= 0.3 is 0 Å². The summed E-state index contributed by atoms with van der Waals surface area (Å²) < 4.78 is 5.66. The minimum absolute atomic E-state index is 0.0172. The van der Waals surface area contributed by atoms with E-state index in [0.717, 1.165) is 51.5 Å². The molecule has 0 aromatic heterocycles. The molecule has 21 heavy (non-hydrogen) atoms. The zero-order chi connectivity index (χ0) is 15.5. The van der Waals surface area contributed by atoms with Crippen molar-refractivity contribution in [2.24, 2.45) is 4.99 Å². The average molecular weight is 298 g/mol. The molecule has 0 aromatic carbocycles. The van der Waals surface area contributed by atoms with E-state index in [1.54, 1.807) is 0 Å². The van der Waals surface area contributed by atoms with Crippen molar-refractivity contribution in [2.75, 3.05) is 39.3 Å². The third-order valence-corrected chi connectivity index (χ3v) is 3.42. The van der Waals surface area contributed by atoms with Gasteiger partial charge in [-0.05, 0) is 33.1 Å². The van der Waals surface area contributed by atoms with Crippen molar-refractivity contribution in [1.29, 1.82) is 0 Å². The van der Waals surface area contributed by atoms with Gasteiger partial charge in [0.2, 0.25) is 5.91 Å². The number of guanidine groups is 1. The summed E-state index contributed by atoms with van der Waals surface area (Å²) in [5.41, 5.74) is 0. The normalized spacial score (nSPS) is 16.9. The van der Waals surface area contributed by atoms with Gasteiger partial charge in [0, 0.05) is 32.8 Å². The van der Waals surface area contributed by atoms with Crippen molar-refractivity contribution >= 4 is 11.9 Å². The van der Waals surface area contributed by atoms with Gasteiger partial charge in [-0.3, -0.25) is 4.79 Å². The van der Waals surface area contributed by atoms with Crippen molar-refractivity contribution in [3.05, 3.63) is 0 Å². The van der Waals surface area contributed by atoms with Crippen LogP contribution in [0.4, 0.5) is 0 Å². The van der Waals surface area contributed by atoms with Gasteiger partial charge in [0.25, 0.3) is 0 Å². The number of hydrogen-bond acceptors (Lipinski definition) is 3.